The summed E-state index contributed by atoms with van der Waals surface area (Å²) in [5.41, 5.74) is 7.89. The van der Waals surface area contributed by atoms with Crippen molar-refractivity contribution in [3.05, 3.63) is 24.0 Å². The van der Waals surface area contributed by atoms with Gasteiger partial charge in [-0.3, -0.25) is 0 Å². The van der Waals surface area contributed by atoms with Crippen molar-refractivity contribution >= 4 is 26.6 Å². The van der Waals surface area contributed by atoms with Gasteiger partial charge in [-0.05, 0) is 31.5 Å². The number of aliphatic hydroxyl groups excluding tert-OH is 1. The summed E-state index contributed by atoms with van der Waals surface area (Å²) in [4.78, 5) is 4.37. The Morgan fingerprint density at radius 3 is 2.75 bits per heavy atom. The Balaban J connectivity index is 2.36. The molecular weight excluding hydrogens is 278 g/mol. The highest BCUT2D eigenvalue weighted by atomic mass is 32.2. The van der Waals surface area contributed by atoms with Gasteiger partial charge in [-0.2, -0.15) is 0 Å². The topological polar surface area (TPSA) is 98.2 Å². The highest BCUT2D eigenvalue weighted by molar-refractivity contribution is 7.90. The number of aliphatic hydroxyl groups is 1. The van der Waals surface area contributed by atoms with Crippen molar-refractivity contribution in [1.82, 2.24) is 9.55 Å². The predicted molar refractivity (Wildman–Crippen MR) is 79.1 cm³/mol. The number of aryl methyl sites for hydroxylation is 1. The molecule has 0 aliphatic carbocycles. The van der Waals surface area contributed by atoms with Crippen molar-refractivity contribution in [2.75, 3.05) is 17.7 Å². The second kappa shape index (κ2) is 5.41. The van der Waals surface area contributed by atoms with Crippen LogP contribution in [0.4, 0.5) is 5.69 Å². The number of benzene rings is 1. The number of sulfone groups is 1. The first-order valence-electron chi connectivity index (χ1n) is 6.39. The van der Waals surface area contributed by atoms with Gasteiger partial charge >= 0.3 is 0 Å². The maximum absolute atomic E-state index is 11.2. The van der Waals surface area contributed by atoms with Crippen LogP contribution in [0.3, 0.4) is 0 Å². The molecule has 0 aliphatic heterocycles. The highest BCUT2D eigenvalue weighted by Crippen LogP contribution is 2.23. The molecule has 0 radical (unpaired) electrons. The van der Waals surface area contributed by atoms with E-state index in [2.05, 4.69) is 4.98 Å². The molecule has 0 fully saturated rings. The van der Waals surface area contributed by atoms with E-state index in [1.807, 2.05) is 10.6 Å². The lowest BCUT2D eigenvalue weighted by atomic mass is 10.3. The van der Waals surface area contributed by atoms with Crippen LogP contribution in [-0.2, 0) is 16.4 Å². The number of rotatable bonds is 5. The molecule has 0 saturated carbocycles. The number of hydrogen-bond donors (Lipinski definition) is 2. The number of aromatic nitrogens is 2. The fourth-order valence-electron chi connectivity index (χ4n) is 2.20. The maximum Gasteiger partial charge on any atom is 0.147 e. The summed E-state index contributed by atoms with van der Waals surface area (Å²) in [6, 6.07) is 5.35. The van der Waals surface area contributed by atoms with Gasteiger partial charge in [0.05, 0.1) is 16.8 Å². The first kappa shape index (κ1) is 14.8. The van der Waals surface area contributed by atoms with Crippen molar-refractivity contribution in [1.29, 1.82) is 0 Å². The van der Waals surface area contributed by atoms with Crippen molar-refractivity contribution < 1.29 is 13.5 Å². The van der Waals surface area contributed by atoms with Gasteiger partial charge in [0.25, 0.3) is 0 Å². The zero-order chi connectivity index (χ0) is 14.9. The number of nitrogens with zero attached hydrogens (tertiary/aromatic N) is 2. The lowest BCUT2D eigenvalue weighted by molar-refractivity contribution is 0.184. The zero-order valence-electron chi connectivity index (χ0n) is 11.6. The molecule has 6 nitrogen and oxygen atoms in total. The third-order valence-corrected chi connectivity index (χ3v) is 4.10. The van der Waals surface area contributed by atoms with E-state index in [4.69, 9.17) is 5.73 Å². The molecule has 7 heteroatoms. The molecular formula is C13H19N3O3S. The molecule has 1 heterocycles. The molecule has 1 aromatic carbocycles. The largest absolute Gasteiger partial charge is 0.399 e. The standard InChI is InChI=1S/C13H19N3O3S/c1-9(17)13-15-11-8-10(14)4-5-12(11)16(13)6-3-7-20(2,18)19/h4-5,8-9,17H,3,6-7,14H2,1-2H3. The molecule has 3 N–H and O–H groups in total. The average molecular weight is 297 g/mol. The van der Waals surface area contributed by atoms with Crippen LogP contribution >= 0.6 is 0 Å². The summed E-state index contributed by atoms with van der Waals surface area (Å²) in [7, 11) is -2.99. The lowest BCUT2D eigenvalue weighted by Gasteiger charge is -2.10. The molecule has 0 spiro atoms. The Morgan fingerprint density at radius 2 is 2.15 bits per heavy atom. The average Bonchev–Trinajstić information content (AvgIpc) is 2.66. The van der Waals surface area contributed by atoms with E-state index in [-0.39, 0.29) is 5.75 Å². The zero-order valence-corrected chi connectivity index (χ0v) is 12.4. The van der Waals surface area contributed by atoms with Crippen molar-refractivity contribution in [2.45, 2.75) is 26.0 Å². The summed E-state index contributed by atoms with van der Waals surface area (Å²) in [5.74, 6) is 0.639. The summed E-state index contributed by atoms with van der Waals surface area (Å²) in [6.07, 6.45) is 0.978. The number of nitrogen functional groups attached to an aromatic ring is 1. The Morgan fingerprint density at radius 1 is 1.45 bits per heavy atom. The number of nitrogens with two attached hydrogens (primary N) is 1. The first-order chi connectivity index (χ1) is 9.28. The number of hydrogen-bond acceptors (Lipinski definition) is 5. The van der Waals surface area contributed by atoms with Crippen molar-refractivity contribution in [3.8, 4) is 0 Å². The minimum Gasteiger partial charge on any atom is -0.399 e. The number of imidazole rings is 1. The Kier molecular flexibility index (Phi) is 4.01. The summed E-state index contributed by atoms with van der Waals surface area (Å²) in [6.45, 7) is 2.13. The molecule has 2 aromatic rings. The van der Waals surface area contributed by atoms with Gasteiger partial charge in [-0.1, -0.05) is 0 Å². The van der Waals surface area contributed by atoms with E-state index >= 15 is 0 Å². The quantitative estimate of drug-likeness (QED) is 0.805. The van der Waals surface area contributed by atoms with E-state index in [9.17, 15) is 13.5 Å². The predicted octanol–water partition coefficient (Wildman–Crippen LogP) is 1.11. The number of anilines is 1. The van der Waals surface area contributed by atoms with Crippen LogP contribution in [0.15, 0.2) is 18.2 Å². The fraction of sp³-hybridized carbons (Fsp3) is 0.462. The van der Waals surface area contributed by atoms with Crippen LogP contribution in [0.1, 0.15) is 25.3 Å². The van der Waals surface area contributed by atoms with Gasteiger partial charge in [0.15, 0.2) is 0 Å². The van der Waals surface area contributed by atoms with Crippen LogP contribution in [0.25, 0.3) is 11.0 Å². The maximum atomic E-state index is 11.2. The van der Waals surface area contributed by atoms with Crippen LogP contribution in [-0.4, -0.2) is 35.1 Å². The minimum absolute atomic E-state index is 0.112. The molecule has 1 atom stereocenters. The van der Waals surface area contributed by atoms with Gasteiger partial charge in [0, 0.05) is 18.5 Å². The van der Waals surface area contributed by atoms with E-state index in [1.165, 1.54) is 6.26 Å². The first-order valence-corrected chi connectivity index (χ1v) is 8.45. The van der Waals surface area contributed by atoms with Crippen molar-refractivity contribution in [3.63, 3.8) is 0 Å². The summed E-state index contributed by atoms with van der Waals surface area (Å²) in [5, 5.41) is 9.80. The van der Waals surface area contributed by atoms with E-state index in [0.717, 1.165) is 5.52 Å². The molecule has 1 unspecified atom stereocenters. The highest BCUT2D eigenvalue weighted by Gasteiger charge is 2.15. The Hall–Kier alpha value is -1.60. The lowest BCUT2D eigenvalue weighted by Crippen LogP contribution is -2.11. The minimum atomic E-state index is -2.99. The normalized spacial score (nSPS) is 13.8. The van der Waals surface area contributed by atoms with Crippen LogP contribution < -0.4 is 5.73 Å². The van der Waals surface area contributed by atoms with Crippen LogP contribution in [0.5, 0.6) is 0 Å². The van der Waals surface area contributed by atoms with E-state index in [1.54, 1.807) is 19.1 Å². The second-order valence-electron chi connectivity index (χ2n) is 5.03. The smallest absolute Gasteiger partial charge is 0.147 e. The molecule has 1 aromatic heterocycles. The van der Waals surface area contributed by atoms with Gasteiger partial charge in [-0.15, -0.1) is 0 Å². The summed E-state index contributed by atoms with van der Waals surface area (Å²) < 4.78 is 24.2. The third-order valence-electron chi connectivity index (χ3n) is 3.07. The Bertz CT molecular complexity index is 720. The second-order valence-corrected chi connectivity index (χ2v) is 7.29. The van der Waals surface area contributed by atoms with E-state index < -0.39 is 15.9 Å². The molecule has 2 rings (SSSR count). The molecule has 0 amide bonds. The third kappa shape index (κ3) is 3.29. The molecule has 0 aliphatic rings. The van der Waals surface area contributed by atoms with Gasteiger partial charge < -0.3 is 15.4 Å². The molecule has 110 valence electrons. The van der Waals surface area contributed by atoms with Gasteiger partial charge in [0.1, 0.15) is 21.8 Å². The van der Waals surface area contributed by atoms with Crippen LogP contribution in [0, 0.1) is 0 Å². The van der Waals surface area contributed by atoms with Gasteiger partial charge in [0.2, 0.25) is 0 Å². The Labute approximate surface area is 118 Å². The molecule has 0 bridgehead atoms. The SMILES string of the molecule is CC(O)c1nc2cc(N)ccc2n1CCCS(C)(=O)=O. The molecule has 20 heavy (non-hydrogen) atoms. The fourth-order valence-corrected chi connectivity index (χ4v) is 2.86. The van der Waals surface area contributed by atoms with E-state index in [0.29, 0.717) is 30.0 Å². The monoisotopic (exact) mass is 297 g/mol. The molecule has 0 saturated heterocycles. The van der Waals surface area contributed by atoms with Gasteiger partial charge in [-0.25, -0.2) is 13.4 Å². The van der Waals surface area contributed by atoms with Crippen LogP contribution in [0.2, 0.25) is 0 Å². The number of fused-ring (bicyclic) bond motifs is 1. The van der Waals surface area contributed by atoms with Crippen molar-refractivity contribution in [2.24, 2.45) is 0 Å². The summed E-state index contributed by atoms with van der Waals surface area (Å²) >= 11 is 0.